The number of aryl methyl sites for hydroxylation is 1. The zero-order valence-corrected chi connectivity index (χ0v) is 11.4. The predicted molar refractivity (Wildman–Crippen MR) is 76.5 cm³/mol. The molecule has 1 aliphatic heterocycles. The number of amides is 1. The first-order valence-electron chi connectivity index (χ1n) is 6.39. The van der Waals surface area contributed by atoms with Crippen molar-refractivity contribution in [2.75, 3.05) is 18.7 Å². The van der Waals surface area contributed by atoms with E-state index in [4.69, 9.17) is 9.47 Å². The van der Waals surface area contributed by atoms with Crippen LogP contribution in [0.5, 0.6) is 11.5 Å². The molecule has 2 aromatic carbocycles. The summed E-state index contributed by atoms with van der Waals surface area (Å²) >= 11 is 0. The van der Waals surface area contributed by atoms with Gasteiger partial charge in [0.2, 0.25) is 6.79 Å². The number of rotatable bonds is 2. The molecule has 4 nitrogen and oxygen atoms in total. The second-order valence-electron chi connectivity index (χ2n) is 4.77. The standard InChI is InChI=1S/C16H15NO3/c1-11-3-5-12(6-4-11)16(18)17(2)13-7-8-14-15(9-13)20-10-19-14/h3-9H,10H2,1-2H3. The van der Waals surface area contributed by atoms with Crippen LogP contribution in [0.15, 0.2) is 42.5 Å². The fraction of sp³-hybridized carbons (Fsp3) is 0.188. The summed E-state index contributed by atoms with van der Waals surface area (Å²) in [5.74, 6) is 1.33. The van der Waals surface area contributed by atoms with Gasteiger partial charge in [-0.15, -0.1) is 0 Å². The average molecular weight is 269 g/mol. The minimum Gasteiger partial charge on any atom is -0.454 e. The van der Waals surface area contributed by atoms with Crippen molar-refractivity contribution in [2.24, 2.45) is 0 Å². The van der Waals surface area contributed by atoms with E-state index >= 15 is 0 Å². The molecule has 0 N–H and O–H groups in total. The molecule has 0 bridgehead atoms. The van der Waals surface area contributed by atoms with Gasteiger partial charge in [-0.25, -0.2) is 0 Å². The van der Waals surface area contributed by atoms with Crippen LogP contribution < -0.4 is 14.4 Å². The Morgan fingerprint density at radius 2 is 1.75 bits per heavy atom. The van der Waals surface area contributed by atoms with E-state index in [0.717, 1.165) is 11.3 Å². The number of hydrogen-bond donors (Lipinski definition) is 0. The predicted octanol–water partition coefficient (Wildman–Crippen LogP) is 3.00. The highest BCUT2D eigenvalue weighted by Crippen LogP contribution is 2.35. The Kier molecular flexibility index (Phi) is 3.06. The molecule has 0 spiro atoms. The summed E-state index contributed by atoms with van der Waals surface area (Å²) in [5.41, 5.74) is 2.57. The van der Waals surface area contributed by atoms with E-state index in [1.54, 1.807) is 11.9 Å². The van der Waals surface area contributed by atoms with E-state index in [1.807, 2.05) is 49.4 Å². The van der Waals surface area contributed by atoms with Crippen molar-refractivity contribution in [1.82, 2.24) is 0 Å². The minimum atomic E-state index is -0.0520. The van der Waals surface area contributed by atoms with Crippen LogP contribution in [0.4, 0.5) is 5.69 Å². The number of anilines is 1. The quantitative estimate of drug-likeness (QED) is 0.841. The molecule has 2 aromatic rings. The zero-order chi connectivity index (χ0) is 14.1. The number of hydrogen-bond acceptors (Lipinski definition) is 3. The minimum absolute atomic E-state index is 0.0520. The molecule has 0 aliphatic carbocycles. The maximum Gasteiger partial charge on any atom is 0.258 e. The molecule has 0 atom stereocenters. The molecule has 0 fully saturated rings. The van der Waals surface area contributed by atoms with Gasteiger partial charge < -0.3 is 14.4 Å². The lowest BCUT2D eigenvalue weighted by Crippen LogP contribution is -2.26. The van der Waals surface area contributed by atoms with E-state index in [2.05, 4.69) is 0 Å². The first-order chi connectivity index (χ1) is 9.65. The maximum absolute atomic E-state index is 12.4. The molecule has 0 saturated carbocycles. The van der Waals surface area contributed by atoms with Gasteiger partial charge in [0, 0.05) is 24.4 Å². The van der Waals surface area contributed by atoms with Crippen molar-refractivity contribution in [3.63, 3.8) is 0 Å². The van der Waals surface area contributed by atoms with Gasteiger partial charge in [-0.1, -0.05) is 17.7 Å². The van der Waals surface area contributed by atoms with Crippen LogP contribution in [0.25, 0.3) is 0 Å². The van der Waals surface area contributed by atoms with Gasteiger partial charge in [0.05, 0.1) is 0 Å². The first-order valence-corrected chi connectivity index (χ1v) is 6.39. The third-order valence-corrected chi connectivity index (χ3v) is 3.35. The van der Waals surface area contributed by atoms with Gasteiger partial charge in [-0.3, -0.25) is 4.79 Å². The van der Waals surface area contributed by atoms with Gasteiger partial charge in [-0.2, -0.15) is 0 Å². The van der Waals surface area contributed by atoms with Crippen molar-refractivity contribution in [1.29, 1.82) is 0 Å². The normalized spacial score (nSPS) is 12.3. The highest BCUT2D eigenvalue weighted by Gasteiger charge is 2.18. The van der Waals surface area contributed by atoms with Crippen molar-refractivity contribution in [2.45, 2.75) is 6.92 Å². The van der Waals surface area contributed by atoms with Crippen LogP contribution in [0.3, 0.4) is 0 Å². The summed E-state index contributed by atoms with van der Waals surface area (Å²) in [4.78, 5) is 14.0. The zero-order valence-electron chi connectivity index (χ0n) is 11.4. The summed E-state index contributed by atoms with van der Waals surface area (Å²) in [6.45, 7) is 2.23. The van der Waals surface area contributed by atoms with E-state index in [1.165, 1.54) is 0 Å². The summed E-state index contributed by atoms with van der Waals surface area (Å²) in [7, 11) is 1.75. The largest absolute Gasteiger partial charge is 0.454 e. The Labute approximate surface area is 117 Å². The molecule has 0 radical (unpaired) electrons. The highest BCUT2D eigenvalue weighted by molar-refractivity contribution is 6.05. The molecule has 1 aliphatic rings. The van der Waals surface area contributed by atoms with Crippen molar-refractivity contribution in [3.05, 3.63) is 53.6 Å². The molecule has 1 heterocycles. The van der Waals surface area contributed by atoms with E-state index in [0.29, 0.717) is 17.1 Å². The lowest BCUT2D eigenvalue weighted by molar-refractivity contribution is 0.0993. The number of benzene rings is 2. The number of nitrogens with zero attached hydrogens (tertiary/aromatic N) is 1. The number of fused-ring (bicyclic) bond motifs is 1. The number of carbonyl (C=O) groups excluding carboxylic acids is 1. The summed E-state index contributed by atoms with van der Waals surface area (Å²) < 4.78 is 10.6. The smallest absolute Gasteiger partial charge is 0.258 e. The summed E-state index contributed by atoms with van der Waals surface area (Å²) in [6, 6.07) is 13.0. The maximum atomic E-state index is 12.4. The Morgan fingerprint density at radius 1 is 1.05 bits per heavy atom. The van der Waals surface area contributed by atoms with Gasteiger partial charge in [0.25, 0.3) is 5.91 Å². The van der Waals surface area contributed by atoms with Crippen molar-refractivity contribution >= 4 is 11.6 Å². The molecule has 1 amide bonds. The Balaban J connectivity index is 1.86. The Hall–Kier alpha value is -2.49. The van der Waals surface area contributed by atoms with Crippen LogP contribution in [0.1, 0.15) is 15.9 Å². The van der Waals surface area contributed by atoms with Crippen LogP contribution in [0.2, 0.25) is 0 Å². The molecule has 0 aromatic heterocycles. The second-order valence-corrected chi connectivity index (χ2v) is 4.77. The second kappa shape index (κ2) is 4.89. The fourth-order valence-corrected chi connectivity index (χ4v) is 2.10. The molecular formula is C16H15NO3. The number of carbonyl (C=O) groups is 1. The van der Waals surface area contributed by atoms with E-state index < -0.39 is 0 Å². The van der Waals surface area contributed by atoms with Crippen molar-refractivity contribution < 1.29 is 14.3 Å². The summed E-state index contributed by atoms with van der Waals surface area (Å²) in [5, 5.41) is 0. The van der Waals surface area contributed by atoms with Crippen molar-refractivity contribution in [3.8, 4) is 11.5 Å². The van der Waals surface area contributed by atoms with E-state index in [-0.39, 0.29) is 12.7 Å². The Bertz CT molecular complexity index is 649. The van der Waals surface area contributed by atoms with E-state index in [9.17, 15) is 4.79 Å². The first kappa shape index (κ1) is 12.5. The number of ether oxygens (including phenoxy) is 2. The molecule has 4 heteroatoms. The molecule has 0 unspecified atom stereocenters. The van der Waals surface area contributed by atoms with Gasteiger partial charge in [-0.05, 0) is 31.2 Å². The lowest BCUT2D eigenvalue weighted by atomic mass is 10.1. The molecule has 102 valence electrons. The van der Waals surface area contributed by atoms with Gasteiger partial charge in [0.15, 0.2) is 11.5 Å². The Morgan fingerprint density at radius 3 is 2.50 bits per heavy atom. The SMILES string of the molecule is Cc1ccc(C(=O)N(C)c2ccc3c(c2)OCO3)cc1. The van der Waals surface area contributed by atoms with Crippen LogP contribution in [-0.4, -0.2) is 19.7 Å². The molecule has 0 saturated heterocycles. The monoisotopic (exact) mass is 269 g/mol. The lowest BCUT2D eigenvalue weighted by Gasteiger charge is -2.17. The van der Waals surface area contributed by atoms with Crippen LogP contribution >= 0.6 is 0 Å². The van der Waals surface area contributed by atoms with Crippen LogP contribution in [-0.2, 0) is 0 Å². The topological polar surface area (TPSA) is 38.8 Å². The summed E-state index contributed by atoms with van der Waals surface area (Å²) in [6.07, 6.45) is 0. The van der Waals surface area contributed by atoms with Gasteiger partial charge >= 0.3 is 0 Å². The third-order valence-electron chi connectivity index (χ3n) is 3.35. The highest BCUT2D eigenvalue weighted by atomic mass is 16.7. The molecule has 3 rings (SSSR count). The molecule has 20 heavy (non-hydrogen) atoms. The third kappa shape index (κ3) is 2.20. The fourth-order valence-electron chi connectivity index (χ4n) is 2.10. The van der Waals surface area contributed by atoms with Crippen LogP contribution in [0, 0.1) is 6.92 Å². The average Bonchev–Trinajstić information content (AvgIpc) is 2.94. The molecular weight excluding hydrogens is 254 g/mol. The van der Waals surface area contributed by atoms with Gasteiger partial charge in [0.1, 0.15) is 0 Å².